The van der Waals surface area contributed by atoms with Gasteiger partial charge in [0.05, 0.1) is 18.8 Å². The van der Waals surface area contributed by atoms with Gasteiger partial charge in [0.15, 0.2) is 8.32 Å². The van der Waals surface area contributed by atoms with Gasteiger partial charge in [-0.2, -0.15) is 13.2 Å². The average molecular weight is 848 g/mol. The third-order valence-electron chi connectivity index (χ3n) is 12.4. The van der Waals surface area contributed by atoms with Crippen LogP contribution in [0, 0.1) is 0 Å². The summed E-state index contributed by atoms with van der Waals surface area (Å²) < 4.78 is 55.2. The molecule has 6 aromatic carbocycles. The van der Waals surface area contributed by atoms with Crippen LogP contribution in [0.5, 0.6) is 5.75 Å². The van der Waals surface area contributed by atoms with Crippen molar-refractivity contribution in [2.75, 3.05) is 7.11 Å². The predicted molar refractivity (Wildman–Crippen MR) is 254 cm³/mol. The first-order chi connectivity index (χ1) is 29.3. The maximum Gasteiger partial charge on any atom is 0.416 e. The molecule has 318 valence electrons. The number of alkyl halides is 3. The van der Waals surface area contributed by atoms with Gasteiger partial charge >= 0.3 is 6.18 Å². The van der Waals surface area contributed by atoms with Crippen molar-refractivity contribution in [2.24, 2.45) is 0 Å². The van der Waals surface area contributed by atoms with E-state index < -0.39 is 20.1 Å². The smallest absolute Gasteiger partial charge is 0.416 e. The number of pyridine rings is 1. The molecule has 0 saturated carbocycles. The Morgan fingerprint density at radius 3 is 1.24 bits per heavy atom. The molecule has 0 N–H and O–H groups in total. The summed E-state index contributed by atoms with van der Waals surface area (Å²) in [6.07, 6.45) is -1.05. The van der Waals surface area contributed by atoms with Crippen molar-refractivity contribution < 1.29 is 22.3 Å². The minimum atomic E-state index is -4.50. The number of rotatable bonds is 10. The fourth-order valence-corrected chi connectivity index (χ4v) is 9.31. The molecule has 0 bridgehead atoms. The van der Waals surface area contributed by atoms with Gasteiger partial charge in [-0.3, -0.25) is 4.98 Å². The Morgan fingerprint density at radius 2 is 0.855 bits per heavy atom. The summed E-state index contributed by atoms with van der Waals surface area (Å²) in [4.78, 5) is 4.44. The van der Waals surface area contributed by atoms with E-state index in [-0.39, 0.29) is 16.6 Å². The second-order valence-electron chi connectivity index (χ2n) is 18.6. The highest BCUT2D eigenvalue weighted by atomic mass is 28.4. The number of ether oxygens (including phenoxy) is 1. The highest BCUT2D eigenvalue weighted by Gasteiger charge is 2.39. The van der Waals surface area contributed by atoms with Crippen LogP contribution in [0.4, 0.5) is 13.2 Å². The molecule has 62 heavy (non-hydrogen) atoms. The van der Waals surface area contributed by atoms with Gasteiger partial charge in [-0.1, -0.05) is 145 Å². The number of aromatic nitrogens is 1. The summed E-state index contributed by atoms with van der Waals surface area (Å²) in [5.74, 6) is 0.715. The molecule has 7 aromatic rings. The maximum atomic E-state index is 14.2. The van der Waals surface area contributed by atoms with Gasteiger partial charge in [0.1, 0.15) is 5.75 Å². The normalized spacial score (nSPS) is 12.9. The van der Waals surface area contributed by atoms with Gasteiger partial charge in [-0.15, -0.1) is 0 Å². The van der Waals surface area contributed by atoms with Crippen LogP contribution in [0.25, 0.3) is 66.8 Å². The Labute approximate surface area is 366 Å². The molecule has 0 aliphatic rings. The first-order valence-corrected chi connectivity index (χ1v) is 24.1. The van der Waals surface area contributed by atoms with Gasteiger partial charge in [0.2, 0.25) is 0 Å². The minimum absolute atomic E-state index is 0.0398. The summed E-state index contributed by atoms with van der Waals surface area (Å²) in [5, 5.41) is 0.0398. The van der Waals surface area contributed by atoms with Gasteiger partial charge in [0.25, 0.3) is 0 Å². The molecule has 1 atom stereocenters. The third kappa shape index (κ3) is 9.06. The van der Waals surface area contributed by atoms with E-state index >= 15 is 0 Å². The quantitative estimate of drug-likeness (QED) is 0.129. The SMILES string of the molecule is COc1ccc(-c2c(-c3ccccc3)c(-c3ccc(C(F)(F)F)cc3)c(-c3ccc(C(C)O[Si](C)(C)C(C)(C)C)cc3)c(-c3ccncc3)c2-c2ccc(C(C)(C)C)cc2)cc1. The average Bonchev–Trinajstić information content (AvgIpc) is 3.25. The van der Waals surface area contributed by atoms with Crippen LogP contribution < -0.4 is 4.74 Å². The Morgan fingerprint density at radius 1 is 0.484 bits per heavy atom. The zero-order chi connectivity index (χ0) is 44.6. The predicted octanol–water partition coefficient (Wildman–Crippen LogP) is 16.5. The van der Waals surface area contributed by atoms with E-state index in [0.717, 1.165) is 66.8 Å². The number of benzene rings is 6. The lowest BCUT2D eigenvalue weighted by molar-refractivity contribution is -0.137. The van der Waals surface area contributed by atoms with Crippen LogP contribution in [-0.4, -0.2) is 20.4 Å². The molecule has 0 radical (unpaired) electrons. The fourth-order valence-electron chi connectivity index (χ4n) is 7.93. The molecule has 0 saturated heterocycles. The number of halogens is 3. The number of methoxy groups -OCH3 is 1. The maximum absolute atomic E-state index is 14.2. The molecule has 0 spiro atoms. The standard InChI is InChI=1S/C55H56F3NO2Si/c1-36(61-62(9,10)54(5,6)7)37-16-18-39(19-17-37)48-49(41-22-28-45(29-23-41)55(56,57)58)47(38-14-12-11-13-15-38)51(42-24-30-46(60-8)31-25-42)50(52(48)43-32-34-59-35-33-43)40-20-26-44(27-21-40)53(2,3)4/h11-36H,1-10H3. The van der Waals surface area contributed by atoms with Crippen LogP contribution >= 0.6 is 0 Å². The first-order valence-electron chi connectivity index (χ1n) is 21.2. The molecule has 7 heteroatoms. The van der Waals surface area contributed by atoms with Gasteiger partial charge in [-0.05, 0) is 145 Å². The molecular weight excluding hydrogens is 792 g/mol. The van der Waals surface area contributed by atoms with Crippen LogP contribution in [0.15, 0.2) is 152 Å². The van der Waals surface area contributed by atoms with E-state index in [0.29, 0.717) is 11.3 Å². The van der Waals surface area contributed by atoms with Crippen LogP contribution in [-0.2, 0) is 16.0 Å². The molecule has 3 nitrogen and oxygen atoms in total. The summed E-state index contributed by atoms with van der Waals surface area (Å²) in [5.41, 5.74) is 12.3. The molecule has 1 aromatic heterocycles. The highest BCUT2D eigenvalue weighted by Crippen LogP contribution is 2.56. The second-order valence-corrected chi connectivity index (χ2v) is 23.4. The lowest BCUT2D eigenvalue weighted by Crippen LogP contribution is -2.41. The van der Waals surface area contributed by atoms with Crippen molar-refractivity contribution in [3.05, 3.63) is 169 Å². The summed E-state index contributed by atoms with van der Waals surface area (Å²) in [7, 11) is -0.447. The van der Waals surface area contributed by atoms with Crippen molar-refractivity contribution in [3.8, 4) is 72.5 Å². The van der Waals surface area contributed by atoms with Crippen LogP contribution in [0.2, 0.25) is 18.1 Å². The second kappa shape index (κ2) is 17.2. The third-order valence-corrected chi connectivity index (χ3v) is 17.0. The number of hydrogen-bond acceptors (Lipinski definition) is 3. The van der Waals surface area contributed by atoms with Crippen molar-refractivity contribution in [1.82, 2.24) is 4.98 Å². The van der Waals surface area contributed by atoms with E-state index in [1.807, 2.05) is 42.5 Å². The highest BCUT2D eigenvalue weighted by molar-refractivity contribution is 6.74. The van der Waals surface area contributed by atoms with Crippen LogP contribution in [0.1, 0.15) is 71.3 Å². The Balaban J connectivity index is 1.68. The molecule has 7 rings (SSSR count). The van der Waals surface area contributed by atoms with E-state index in [1.165, 1.54) is 17.7 Å². The zero-order valence-electron chi connectivity index (χ0n) is 37.4. The molecule has 0 fully saturated rings. The summed E-state index contributed by atoms with van der Waals surface area (Å²) in [6, 6.07) is 45.2. The molecule has 0 aliphatic heterocycles. The van der Waals surface area contributed by atoms with Gasteiger partial charge < -0.3 is 9.16 Å². The summed E-state index contributed by atoms with van der Waals surface area (Å²) >= 11 is 0. The Hall–Kier alpha value is -5.76. The monoisotopic (exact) mass is 847 g/mol. The lowest BCUT2D eigenvalue weighted by atomic mass is 9.74. The van der Waals surface area contributed by atoms with E-state index in [1.54, 1.807) is 31.6 Å². The largest absolute Gasteiger partial charge is 0.497 e. The molecule has 0 aliphatic carbocycles. The topological polar surface area (TPSA) is 31.4 Å². The molecule has 1 heterocycles. The van der Waals surface area contributed by atoms with Gasteiger partial charge in [-0.25, -0.2) is 0 Å². The zero-order valence-corrected chi connectivity index (χ0v) is 38.4. The van der Waals surface area contributed by atoms with Crippen molar-refractivity contribution in [3.63, 3.8) is 0 Å². The van der Waals surface area contributed by atoms with Crippen molar-refractivity contribution in [2.45, 2.75) is 84.3 Å². The lowest BCUT2D eigenvalue weighted by Gasteiger charge is -2.38. The fraction of sp³-hybridized carbons (Fsp3) is 0.255. The van der Waals surface area contributed by atoms with E-state index in [2.05, 4.69) is 139 Å². The van der Waals surface area contributed by atoms with Crippen molar-refractivity contribution in [1.29, 1.82) is 0 Å². The molecule has 1 unspecified atom stereocenters. The minimum Gasteiger partial charge on any atom is -0.497 e. The summed E-state index contributed by atoms with van der Waals surface area (Å²) in [6.45, 7) is 20.0. The molecular formula is C55H56F3NO2Si. The van der Waals surface area contributed by atoms with Gasteiger partial charge in [0, 0.05) is 12.4 Å². The Bertz CT molecular complexity index is 2630. The Kier molecular flexibility index (Phi) is 12.3. The number of nitrogens with zero attached hydrogens (tertiary/aromatic N) is 1. The molecule has 0 amide bonds. The van der Waals surface area contributed by atoms with E-state index in [4.69, 9.17) is 9.16 Å². The van der Waals surface area contributed by atoms with E-state index in [9.17, 15) is 13.2 Å². The van der Waals surface area contributed by atoms with Crippen molar-refractivity contribution >= 4 is 8.32 Å². The van der Waals surface area contributed by atoms with Crippen LogP contribution in [0.3, 0.4) is 0 Å². The number of hydrogen-bond donors (Lipinski definition) is 0. The first kappa shape index (κ1) is 44.3.